The molecule has 0 saturated carbocycles. The molecule has 0 aromatic heterocycles. The van der Waals surface area contributed by atoms with E-state index in [4.69, 9.17) is 4.74 Å². The third kappa shape index (κ3) is 5.74. The van der Waals surface area contributed by atoms with Gasteiger partial charge in [0.05, 0.1) is 22.7 Å². The van der Waals surface area contributed by atoms with Crippen LogP contribution in [0.3, 0.4) is 0 Å². The molecule has 0 bridgehead atoms. The zero-order chi connectivity index (χ0) is 23.2. The lowest BCUT2D eigenvalue weighted by atomic mass is 10.0. The number of halogens is 2. The molecule has 0 fully saturated rings. The molecular formula is C26H18Br2N2O3. The van der Waals surface area contributed by atoms with Gasteiger partial charge in [0, 0.05) is 10.0 Å². The van der Waals surface area contributed by atoms with E-state index >= 15 is 0 Å². The van der Waals surface area contributed by atoms with Crippen LogP contribution in [0.15, 0.2) is 99.0 Å². The van der Waals surface area contributed by atoms with Crippen LogP contribution in [0.5, 0.6) is 5.75 Å². The number of carbonyl (C=O) groups excluding carboxylic acids is 2. The van der Waals surface area contributed by atoms with Crippen molar-refractivity contribution in [2.45, 2.75) is 6.42 Å². The molecule has 0 heterocycles. The second-order valence-corrected chi connectivity index (χ2v) is 8.94. The van der Waals surface area contributed by atoms with E-state index in [1.807, 2.05) is 48.5 Å². The van der Waals surface area contributed by atoms with Gasteiger partial charge in [-0.05, 0) is 56.5 Å². The number of esters is 1. The minimum Gasteiger partial charge on any atom is -0.421 e. The number of nitrogens with one attached hydrogen (secondary N) is 1. The molecule has 0 aliphatic carbocycles. The lowest BCUT2D eigenvalue weighted by Crippen LogP contribution is -2.20. The van der Waals surface area contributed by atoms with Gasteiger partial charge in [0.2, 0.25) is 5.91 Å². The molecule has 1 N–H and O–H groups in total. The molecule has 7 heteroatoms. The highest BCUT2D eigenvalue weighted by molar-refractivity contribution is 9.11. The van der Waals surface area contributed by atoms with Crippen LogP contribution in [0.4, 0.5) is 0 Å². The van der Waals surface area contributed by atoms with Crippen molar-refractivity contribution in [2.75, 3.05) is 0 Å². The first-order chi connectivity index (χ1) is 16.0. The Balaban J connectivity index is 1.49. The van der Waals surface area contributed by atoms with Gasteiger partial charge in [0.25, 0.3) is 0 Å². The smallest absolute Gasteiger partial charge is 0.343 e. The molecule has 0 aliphatic rings. The maximum atomic E-state index is 12.5. The van der Waals surface area contributed by atoms with Crippen LogP contribution in [0, 0.1) is 0 Å². The van der Waals surface area contributed by atoms with Gasteiger partial charge in [-0.15, -0.1) is 0 Å². The Hall–Kier alpha value is -3.29. The summed E-state index contributed by atoms with van der Waals surface area (Å²) in [6.45, 7) is 0. The lowest BCUT2D eigenvalue weighted by molar-refractivity contribution is -0.120. The van der Waals surface area contributed by atoms with Gasteiger partial charge < -0.3 is 4.74 Å². The summed E-state index contributed by atoms with van der Waals surface area (Å²) in [5.74, 6) is -0.438. The average Bonchev–Trinajstić information content (AvgIpc) is 2.82. The van der Waals surface area contributed by atoms with Crippen molar-refractivity contribution >= 4 is 60.7 Å². The highest BCUT2D eigenvalue weighted by Crippen LogP contribution is 2.32. The first-order valence-corrected chi connectivity index (χ1v) is 11.6. The molecule has 4 aromatic rings. The van der Waals surface area contributed by atoms with Crippen LogP contribution in [0.25, 0.3) is 10.8 Å². The third-order valence-electron chi connectivity index (χ3n) is 4.87. The highest BCUT2D eigenvalue weighted by atomic mass is 79.9. The van der Waals surface area contributed by atoms with Crippen LogP contribution >= 0.6 is 31.9 Å². The normalized spacial score (nSPS) is 11.0. The lowest BCUT2D eigenvalue weighted by Gasteiger charge is -2.10. The molecule has 0 aliphatic heterocycles. The molecule has 0 spiro atoms. The highest BCUT2D eigenvalue weighted by Gasteiger charge is 2.15. The number of rotatable bonds is 6. The van der Waals surface area contributed by atoms with Gasteiger partial charge >= 0.3 is 5.97 Å². The van der Waals surface area contributed by atoms with Crippen molar-refractivity contribution in [3.63, 3.8) is 0 Å². The molecular weight excluding hydrogens is 548 g/mol. The van der Waals surface area contributed by atoms with Crippen LogP contribution in [-0.4, -0.2) is 18.1 Å². The van der Waals surface area contributed by atoms with E-state index in [9.17, 15) is 9.59 Å². The van der Waals surface area contributed by atoms with Crippen LogP contribution in [0.1, 0.15) is 21.5 Å². The number of hydrogen-bond donors (Lipinski definition) is 1. The largest absolute Gasteiger partial charge is 0.421 e. The standard InChI is InChI=1S/C26H18Br2N2O3/c27-21-13-20(25(23(28)15-21)33-26(32)18-8-2-1-3-9-18)16-29-30-24(31)14-19-11-6-10-17-7-4-5-12-22(17)19/h1-13,15-16H,14H2,(H,30,31)/b29-16+. The fourth-order valence-corrected chi connectivity index (χ4v) is 4.68. The quantitative estimate of drug-likeness (QED) is 0.129. The number of hydrogen-bond acceptors (Lipinski definition) is 4. The Morgan fingerprint density at radius 2 is 1.64 bits per heavy atom. The van der Waals surface area contributed by atoms with E-state index in [2.05, 4.69) is 42.4 Å². The summed E-state index contributed by atoms with van der Waals surface area (Å²) in [5.41, 5.74) is 4.42. The fraction of sp³-hybridized carbons (Fsp3) is 0.0385. The maximum absolute atomic E-state index is 12.5. The number of fused-ring (bicyclic) bond motifs is 1. The number of carbonyl (C=O) groups is 2. The molecule has 0 radical (unpaired) electrons. The van der Waals surface area contributed by atoms with Gasteiger partial charge in [-0.3, -0.25) is 4.79 Å². The van der Waals surface area contributed by atoms with Gasteiger partial charge in [-0.2, -0.15) is 5.10 Å². The SMILES string of the molecule is O=C(Cc1cccc2ccccc12)N/N=C/c1cc(Br)cc(Br)c1OC(=O)c1ccccc1. The molecule has 0 atom stereocenters. The monoisotopic (exact) mass is 564 g/mol. The molecule has 4 aromatic carbocycles. The molecule has 0 unspecified atom stereocenters. The van der Waals surface area contributed by atoms with Crippen LogP contribution in [0.2, 0.25) is 0 Å². The topological polar surface area (TPSA) is 67.8 Å². The second-order valence-electron chi connectivity index (χ2n) is 7.17. The summed E-state index contributed by atoms with van der Waals surface area (Å²) >= 11 is 6.86. The first-order valence-electron chi connectivity index (χ1n) is 10.1. The van der Waals surface area contributed by atoms with Crippen molar-refractivity contribution in [2.24, 2.45) is 5.10 Å². The van der Waals surface area contributed by atoms with E-state index in [-0.39, 0.29) is 12.3 Å². The van der Waals surface area contributed by atoms with Gasteiger partial charge in [-0.25, -0.2) is 10.2 Å². The summed E-state index contributed by atoms with van der Waals surface area (Å²) in [5, 5.41) is 6.19. The molecule has 33 heavy (non-hydrogen) atoms. The Morgan fingerprint density at radius 3 is 2.45 bits per heavy atom. The van der Waals surface area contributed by atoms with Crippen molar-refractivity contribution in [1.29, 1.82) is 0 Å². The van der Waals surface area contributed by atoms with Crippen molar-refractivity contribution in [3.8, 4) is 5.75 Å². The summed E-state index contributed by atoms with van der Waals surface area (Å²) in [7, 11) is 0. The van der Waals surface area contributed by atoms with E-state index in [0.717, 1.165) is 20.8 Å². The second kappa shape index (κ2) is 10.6. The fourth-order valence-electron chi connectivity index (χ4n) is 3.34. The Labute approximate surface area is 207 Å². The zero-order valence-electron chi connectivity index (χ0n) is 17.3. The molecule has 164 valence electrons. The Bertz CT molecular complexity index is 1350. The maximum Gasteiger partial charge on any atom is 0.343 e. The van der Waals surface area contributed by atoms with Gasteiger partial charge in [0.1, 0.15) is 0 Å². The minimum atomic E-state index is -0.492. The number of nitrogens with zero attached hydrogens (tertiary/aromatic N) is 1. The van der Waals surface area contributed by atoms with Crippen molar-refractivity contribution in [3.05, 3.63) is 111 Å². The number of benzene rings is 4. The Morgan fingerprint density at radius 1 is 0.909 bits per heavy atom. The molecule has 5 nitrogen and oxygen atoms in total. The zero-order valence-corrected chi connectivity index (χ0v) is 20.5. The predicted octanol–water partition coefficient (Wildman–Crippen LogP) is 6.28. The number of amides is 1. The van der Waals surface area contributed by atoms with E-state index in [1.165, 1.54) is 6.21 Å². The van der Waals surface area contributed by atoms with Crippen molar-refractivity contribution in [1.82, 2.24) is 5.43 Å². The van der Waals surface area contributed by atoms with Crippen molar-refractivity contribution < 1.29 is 14.3 Å². The van der Waals surface area contributed by atoms with E-state index in [0.29, 0.717) is 21.3 Å². The third-order valence-corrected chi connectivity index (χ3v) is 5.91. The average molecular weight is 566 g/mol. The predicted molar refractivity (Wildman–Crippen MR) is 137 cm³/mol. The number of ether oxygens (including phenoxy) is 1. The Kier molecular flexibility index (Phi) is 7.32. The molecule has 1 amide bonds. The van der Waals surface area contributed by atoms with Gasteiger partial charge in [0.15, 0.2) is 5.75 Å². The summed E-state index contributed by atoms with van der Waals surface area (Å²) in [6, 6.07) is 26.0. The minimum absolute atomic E-state index is 0.191. The first kappa shape index (κ1) is 22.9. The summed E-state index contributed by atoms with van der Waals surface area (Å²) < 4.78 is 6.94. The van der Waals surface area contributed by atoms with E-state index < -0.39 is 5.97 Å². The number of hydrazone groups is 1. The summed E-state index contributed by atoms with van der Waals surface area (Å²) in [6.07, 6.45) is 1.64. The summed E-state index contributed by atoms with van der Waals surface area (Å²) in [4.78, 5) is 25.0. The van der Waals surface area contributed by atoms with Crippen LogP contribution < -0.4 is 10.2 Å². The van der Waals surface area contributed by atoms with Crippen LogP contribution in [-0.2, 0) is 11.2 Å². The van der Waals surface area contributed by atoms with Gasteiger partial charge in [-0.1, -0.05) is 76.6 Å². The molecule has 4 rings (SSSR count). The van der Waals surface area contributed by atoms with E-state index in [1.54, 1.807) is 36.4 Å². The molecule has 0 saturated heterocycles.